The molecule has 0 aromatic heterocycles. The molecule has 1 N–H and O–H groups in total. The third-order valence-corrected chi connectivity index (χ3v) is 4.49. The third-order valence-electron chi connectivity index (χ3n) is 4.49. The monoisotopic (exact) mass is 286 g/mol. The van der Waals surface area contributed by atoms with Crippen LogP contribution in [0.4, 0.5) is 4.39 Å². The highest BCUT2D eigenvalue weighted by atomic mass is 19.1. The molecule has 1 atom stereocenters. The van der Waals surface area contributed by atoms with Gasteiger partial charge in [-0.2, -0.15) is 0 Å². The van der Waals surface area contributed by atoms with E-state index in [2.05, 4.69) is 0 Å². The lowest BCUT2D eigenvalue weighted by Gasteiger charge is -2.27. The highest BCUT2D eigenvalue weighted by molar-refractivity contribution is 5.51. The van der Waals surface area contributed by atoms with Crippen LogP contribution < -0.4 is 4.74 Å². The summed E-state index contributed by atoms with van der Waals surface area (Å²) in [4.78, 5) is 0. The van der Waals surface area contributed by atoms with E-state index in [1.54, 1.807) is 13.2 Å². The van der Waals surface area contributed by atoms with Crippen molar-refractivity contribution in [2.45, 2.75) is 32.3 Å². The number of hydrogen-bond donors (Lipinski definition) is 1. The Hall–Kier alpha value is -1.87. The first-order chi connectivity index (χ1) is 9.97. The minimum atomic E-state index is -1.11. The zero-order chi connectivity index (χ0) is 15.2. The lowest BCUT2D eigenvalue weighted by Crippen LogP contribution is -2.25. The van der Waals surface area contributed by atoms with Crippen molar-refractivity contribution in [1.82, 2.24) is 0 Å². The molecule has 0 fully saturated rings. The maximum absolute atomic E-state index is 13.9. The van der Waals surface area contributed by atoms with Crippen LogP contribution in [0.15, 0.2) is 30.3 Å². The molecule has 0 aliphatic heterocycles. The summed E-state index contributed by atoms with van der Waals surface area (Å²) < 4.78 is 19.2. The van der Waals surface area contributed by atoms with Crippen LogP contribution in [-0.4, -0.2) is 12.2 Å². The van der Waals surface area contributed by atoms with E-state index < -0.39 is 5.60 Å². The number of halogens is 1. The predicted octanol–water partition coefficient (Wildman–Crippen LogP) is 3.63. The van der Waals surface area contributed by atoms with Gasteiger partial charge in [0.05, 0.1) is 7.11 Å². The highest BCUT2D eigenvalue weighted by Gasteiger charge is 2.40. The minimum absolute atomic E-state index is 0.230. The molecular weight excluding hydrogens is 267 g/mol. The number of methoxy groups -OCH3 is 1. The van der Waals surface area contributed by atoms with Crippen LogP contribution >= 0.6 is 0 Å². The number of aryl methyl sites for hydroxylation is 2. The molecular formula is C18H19FO2. The quantitative estimate of drug-likeness (QED) is 0.913. The molecule has 0 heterocycles. The Morgan fingerprint density at radius 1 is 1.14 bits per heavy atom. The van der Waals surface area contributed by atoms with Gasteiger partial charge >= 0.3 is 0 Å². The molecule has 3 rings (SSSR count). The van der Waals surface area contributed by atoms with E-state index in [0.717, 1.165) is 22.4 Å². The number of ether oxygens (including phenoxy) is 1. The van der Waals surface area contributed by atoms with Gasteiger partial charge in [-0.1, -0.05) is 12.1 Å². The SMILES string of the molecule is COc1cc(C)c(C2(O)CCc3c(F)cccc32)cc1C. The average molecular weight is 286 g/mol. The van der Waals surface area contributed by atoms with E-state index in [1.165, 1.54) is 6.07 Å². The minimum Gasteiger partial charge on any atom is -0.496 e. The van der Waals surface area contributed by atoms with Gasteiger partial charge in [0.25, 0.3) is 0 Å². The lowest BCUT2D eigenvalue weighted by molar-refractivity contribution is 0.0821. The summed E-state index contributed by atoms with van der Waals surface area (Å²) >= 11 is 0. The van der Waals surface area contributed by atoms with Gasteiger partial charge in [-0.05, 0) is 72.7 Å². The molecule has 3 heteroatoms. The second-order valence-corrected chi connectivity index (χ2v) is 5.76. The largest absolute Gasteiger partial charge is 0.496 e. The van der Waals surface area contributed by atoms with E-state index in [1.807, 2.05) is 32.0 Å². The van der Waals surface area contributed by atoms with Gasteiger partial charge in [0.15, 0.2) is 0 Å². The van der Waals surface area contributed by atoms with Crippen LogP contribution in [-0.2, 0) is 12.0 Å². The second-order valence-electron chi connectivity index (χ2n) is 5.76. The van der Waals surface area contributed by atoms with Gasteiger partial charge in [0.1, 0.15) is 17.2 Å². The van der Waals surface area contributed by atoms with Gasteiger partial charge in [-0.15, -0.1) is 0 Å². The van der Waals surface area contributed by atoms with Crippen LogP contribution in [0.2, 0.25) is 0 Å². The summed E-state index contributed by atoms with van der Waals surface area (Å²) in [5.41, 5.74) is 2.97. The van der Waals surface area contributed by atoms with Crippen molar-refractivity contribution in [3.63, 3.8) is 0 Å². The van der Waals surface area contributed by atoms with Crippen molar-refractivity contribution >= 4 is 0 Å². The van der Waals surface area contributed by atoms with E-state index in [0.29, 0.717) is 24.0 Å². The maximum atomic E-state index is 13.9. The predicted molar refractivity (Wildman–Crippen MR) is 80.2 cm³/mol. The molecule has 0 radical (unpaired) electrons. The van der Waals surface area contributed by atoms with Crippen molar-refractivity contribution in [3.8, 4) is 5.75 Å². The molecule has 2 aromatic carbocycles. The molecule has 0 saturated carbocycles. The van der Waals surface area contributed by atoms with Crippen LogP contribution in [0.25, 0.3) is 0 Å². The Labute approximate surface area is 124 Å². The molecule has 0 bridgehead atoms. The smallest absolute Gasteiger partial charge is 0.126 e. The topological polar surface area (TPSA) is 29.5 Å². The zero-order valence-electron chi connectivity index (χ0n) is 12.5. The highest BCUT2D eigenvalue weighted by Crippen LogP contribution is 2.44. The molecule has 2 aromatic rings. The Balaban J connectivity index is 2.19. The fourth-order valence-corrected chi connectivity index (χ4v) is 3.38. The second kappa shape index (κ2) is 4.85. The van der Waals surface area contributed by atoms with Crippen molar-refractivity contribution < 1.29 is 14.2 Å². The van der Waals surface area contributed by atoms with E-state index >= 15 is 0 Å². The summed E-state index contributed by atoms with van der Waals surface area (Å²) in [6.07, 6.45) is 1.07. The summed E-state index contributed by atoms with van der Waals surface area (Å²) in [5.74, 6) is 0.573. The maximum Gasteiger partial charge on any atom is 0.126 e. The fourth-order valence-electron chi connectivity index (χ4n) is 3.38. The van der Waals surface area contributed by atoms with Crippen molar-refractivity contribution in [1.29, 1.82) is 0 Å². The summed E-state index contributed by atoms with van der Waals surface area (Å²) in [7, 11) is 1.64. The number of benzene rings is 2. The standard InChI is InChI=1S/C18H19FO2/c1-11-10-17(21-3)12(2)9-15(11)18(20)8-7-13-14(18)5-4-6-16(13)19/h4-6,9-10,20H,7-8H2,1-3H3. The van der Waals surface area contributed by atoms with Gasteiger partial charge in [-0.25, -0.2) is 4.39 Å². The molecule has 1 aliphatic rings. The first-order valence-electron chi connectivity index (χ1n) is 7.13. The normalized spacial score (nSPS) is 20.4. The lowest BCUT2D eigenvalue weighted by atomic mass is 9.84. The molecule has 1 aliphatic carbocycles. The number of fused-ring (bicyclic) bond motifs is 1. The van der Waals surface area contributed by atoms with Crippen LogP contribution in [0.5, 0.6) is 5.75 Å². The van der Waals surface area contributed by atoms with Crippen molar-refractivity contribution in [2.24, 2.45) is 0 Å². The summed E-state index contributed by atoms with van der Waals surface area (Å²) in [5, 5.41) is 11.2. The zero-order valence-corrected chi connectivity index (χ0v) is 12.5. The van der Waals surface area contributed by atoms with Crippen LogP contribution in [0.1, 0.15) is 34.2 Å². The Morgan fingerprint density at radius 3 is 2.62 bits per heavy atom. The van der Waals surface area contributed by atoms with Gasteiger partial charge in [-0.3, -0.25) is 0 Å². The average Bonchev–Trinajstić information content (AvgIpc) is 2.81. The van der Waals surface area contributed by atoms with Gasteiger partial charge in [0, 0.05) is 0 Å². The number of rotatable bonds is 2. The van der Waals surface area contributed by atoms with E-state index in [4.69, 9.17) is 4.74 Å². The van der Waals surface area contributed by atoms with Crippen LogP contribution in [0.3, 0.4) is 0 Å². The van der Waals surface area contributed by atoms with E-state index in [-0.39, 0.29) is 5.82 Å². The molecule has 110 valence electrons. The van der Waals surface area contributed by atoms with Crippen molar-refractivity contribution in [2.75, 3.05) is 7.11 Å². The summed E-state index contributed by atoms with van der Waals surface area (Å²) in [6.45, 7) is 3.90. The van der Waals surface area contributed by atoms with Crippen LogP contribution in [0, 0.1) is 19.7 Å². The Bertz CT molecular complexity index is 709. The van der Waals surface area contributed by atoms with Gasteiger partial charge in [0.2, 0.25) is 0 Å². The fraction of sp³-hybridized carbons (Fsp3) is 0.333. The molecule has 0 amide bonds. The number of aliphatic hydroxyl groups is 1. The van der Waals surface area contributed by atoms with E-state index in [9.17, 15) is 9.50 Å². The summed E-state index contributed by atoms with van der Waals surface area (Å²) in [6, 6.07) is 8.82. The molecule has 2 nitrogen and oxygen atoms in total. The molecule has 0 spiro atoms. The Morgan fingerprint density at radius 2 is 1.90 bits per heavy atom. The first-order valence-corrected chi connectivity index (χ1v) is 7.13. The Kier molecular flexibility index (Phi) is 3.25. The van der Waals surface area contributed by atoms with Crippen molar-refractivity contribution in [3.05, 3.63) is 64.0 Å². The molecule has 1 unspecified atom stereocenters. The molecule has 0 saturated heterocycles. The third kappa shape index (κ3) is 2.04. The van der Waals surface area contributed by atoms with Gasteiger partial charge < -0.3 is 9.84 Å². The molecule has 21 heavy (non-hydrogen) atoms. The first kappa shape index (κ1) is 14.1. The number of hydrogen-bond acceptors (Lipinski definition) is 2.